The summed E-state index contributed by atoms with van der Waals surface area (Å²) < 4.78 is 5.91. The van der Waals surface area contributed by atoms with E-state index in [9.17, 15) is 4.79 Å². The van der Waals surface area contributed by atoms with Crippen LogP contribution in [0, 0.1) is 0 Å². The minimum Gasteiger partial charge on any atom is -0.375 e. The van der Waals surface area contributed by atoms with Crippen LogP contribution in [0.15, 0.2) is 18.3 Å². The molecule has 1 saturated heterocycles. The molecular weight excluding hydrogens is 276 g/mol. The average molecular weight is 297 g/mol. The third-order valence-electron chi connectivity index (χ3n) is 4.07. The molecule has 4 nitrogen and oxygen atoms in total. The first-order chi connectivity index (χ1) is 9.58. The van der Waals surface area contributed by atoms with Gasteiger partial charge in [0.25, 0.3) is 5.91 Å². The SMILES string of the molecule is CCC1(CC)CC(NC(=O)c2cc(Cl)ccn2)CCO1. The van der Waals surface area contributed by atoms with Gasteiger partial charge < -0.3 is 10.1 Å². The lowest BCUT2D eigenvalue weighted by Crippen LogP contribution is -2.48. The van der Waals surface area contributed by atoms with Crippen molar-refractivity contribution in [2.45, 2.75) is 51.2 Å². The van der Waals surface area contributed by atoms with Crippen LogP contribution in [0.25, 0.3) is 0 Å². The molecule has 1 amide bonds. The first-order valence-electron chi connectivity index (χ1n) is 7.15. The minimum absolute atomic E-state index is 0.0992. The van der Waals surface area contributed by atoms with Crippen LogP contribution in [0.3, 0.4) is 0 Å². The van der Waals surface area contributed by atoms with Crippen molar-refractivity contribution >= 4 is 17.5 Å². The van der Waals surface area contributed by atoms with Crippen molar-refractivity contribution in [3.05, 3.63) is 29.0 Å². The zero-order valence-electron chi connectivity index (χ0n) is 12.0. The molecule has 1 aromatic rings. The molecule has 0 aromatic carbocycles. The molecule has 0 aliphatic carbocycles. The van der Waals surface area contributed by atoms with Crippen LogP contribution in [0.1, 0.15) is 50.0 Å². The zero-order valence-corrected chi connectivity index (χ0v) is 12.7. The Kier molecular flexibility index (Phi) is 5.00. The van der Waals surface area contributed by atoms with Gasteiger partial charge >= 0.3 is 0 Å². The highest BCUT2D eigenvalue weighted by Gasteiger charge is 2.35. The van der Waals surface area contributed by atoms with Crippen LogP contribution in [0.5, 0.6) is 0 Å². The molecule has 110 valence electrons. The summed E-state index contributed by atoms with van der Waals surface area (Å²) in [6, 6.07) is 3.38. The highest BCUT2D eigenvalue weighted by molar-refractivity contribution is 6.30. The molecule has 0 saturated carbocycles. The van der Waals surface area contributed by atoms with Crippen LogP contribution in [-0.2, 0) is 4.74 Å². The van der Waals surface area contributed by atoms with E-state index < -0.39 is 0 Å². The van der Waals surface area contributed by atoms with E-state index in [0.717, 1.165) is 25.7 Å². The van der Waals surface area contributed by atoms with Crippen molar-refractivity contribution in [3.8, 4) is 0 Å². The maximum absolute atomic E-state index is 12.2. The number of ether oxygens (including phenoxy) is 1. The number of hydrogen-bond donors (Lipinski definition) is 1. The summed E-state index contributed by atoms with van der Waals surface area (Å²) in [5.41, 5.74) is 0.264. The first kappa shape index (κ1) is 15.3. The molecule has 1 aromatic heterocycles. The molecule has 0 spiro atoms. The van der Waals surface area contributed by atoms with Gasteiger partial charge in [0.15, 0.2) is 0 Å². The van der Waals surface area contributed by atoms with E-state index in [1.165, 1.54) is 0 Å². The molecule has 1 fully saturated rings. The van der Waals surface area contributed by atoms with E-state index in [1.807, 2.05) is 0 Å². The maximum atomic E-state index is 12.2. The second kappa shape index (κ2) is 6.55. The lowest BCUT2D eigenvalue weighted by molar-refractivity contribution is -0.0917. The number of rotatable bonds is 4. The summed E-state index contributed by atoms with van der Waals surface area (Å²) in [5, 5.41) is 3.57. The Labute approximate surface area is 124 Å². The second-order valence-electron chi connectivity index (χ2n) is 5.26. The number of aromatic nitrogens is 1. The molecular formula is C15H21ClN2O2. The van der Waals surface area contributed by atoms with Crippen molar-refractivity contribution in [3.63, 3.8) is 0 Å². The van der Waals surface area contributed by atoms with Crippen LogP contribution >= 0.6 is 11.6 Å². The van der Waals surface area contributed by atoms with Gasteiger partial charge in [0.05, 0.1) is 5.60 Å². The van der Waals surface area contributed by atoms with Crippen molar-refractivity contribution in [1.82, 2.24) is 10.3 Å². The summed E-state index contributed by atoms with van der Waals surface area (Å²) in [7, 11) is 0. The Morgan fingerprint density at radius 2 is 2.30 bits per heavy atom. The van der Waals surface area contributed by atoms with Gasteiger partial charge in [-0.15, -0.1) is 0 Å². The average Bonchev–Trinajstić information content (AvgIpc) is 2.47. The molecule has 1 unspecified atom stereocenters. The molecule has 2 heterocycles. The number of pyridine rings is 1. The van der Waals surface area contributed by atoms with Gasteiger partial charge in [-0.2, -0.15) is 0 Å². The van der Waals surface area contributed by atoms with Gasteiger partial charge in [0, 0.05) is 23.9 Å². The summed E-state index contributed by atoms with van der Waals surface area (Å²) in [6.07, 6.45) is 5.17. The third-order valence-corrected chi connectivity index (χ3v) is 4.31. The highest BCUT2D eigenvalue weighted by atomic mass is 35.5. The number of nitrogens with zero attached hydrogens (tertiary/aromatic N) is 1. The van der Waals surface area contributed by atoms with Gasteiger partial charge in [-0.3, -0.25) is 9.78 Å². The summed E-state index contributed by atoms with van der Waals surface area (Å²) >= 11 is 5.88. The summed E-state index contributed by atoms with van der Waals surface area (Å²) in [6.45, 7) is 4.95. The Morgan fingerprint density at radius 3 is 2.95 bits per heavy atom. The summed E-state index contributed by atoms with van der Waals surface area (Å²) in [4.78, 5) is 16.2. The minimum atomic E-state index is -0.166. The number of amides is 1. The molecule has 0 radical (unpaired) electrons. The lowest BCUT2D eigenvalue weighted by Gasteiger charge is -2.40. The molecule has 1 aliphatic rings. The molecule has 20 heavy (non-hydrogen) atoms. The van der Waals surface area contributed by atoms with Crippen LogP contribution in [-0.4, -0.2) is 29.1 Å². The maximum Gasteiger partial charge on any atom is 0.270 e. The summed E-state index contributed by atoms with van der Waals surface area (Å²) in [5.74, 6) is -0.166. The zero-order chi connectivity index (χ0) is 14.6. The molecule has 2 rings (SSSR count). The monoisotopic (exact) mass is 296 g/mol. The Morgan fingerprint density at radius 1 is 1.55 bits per heavy atom. The Balaban J connectivity index is 2.01. The number of hydrogen-bond acceptors (Lipinski definition) is 3. The predicted molar refractivity (Wildman–Crippen MR) is 79.0 cm³/mol. The molecule has 1 aliphatic heterocycles. The standard InChI is InChI=1S/C15H21ClN2O2/c1-3-15(4-2)10-12(6-8-20-15)18-14(19)13-9-11(16)5-7-17-13/h5,7,9,12H,3-4,6,8,10H2,1-2H3,(H,18,19). The number of carbonyl (C=O) groups excluding carboxylic acids is 1. The third kappa shape index (κ3) is 3.49. The second-order valence-corrected chi connectivity index (χ2v) is 5.70. The van der Waals surface area contributed by atoms with E-state index >= 15 is 0 Å². The quantitative estimate of drug-likeness (QED) is 0.928. The van der Waals surface area contributed by atoms with E-state index in [2.05, 4.69) is 24.1 Å². The van der Waals surface area contributed by atoms with E-state index in [1.54, 1.807) is 18.3 Å². The molecule has 1 N–H and O–H groups in total. The molecule has 5 heteroatoms. The highest BCUT2D eigenvalue weighted by Crippen LogP contribution is 2.31. The fourth-order valence-corrected chi connectivity index (χ4v) is 2.84. The van der Waals surface area contributed by atoms with Gasteiger partial charge in [0.1, 0.15) is 5.69 Å². The van der Waals surface area contributed by atoms with Crippen molar-refractivity contribution in [1.29, 1.82) is 0 Å². The fraction of sp³-hybridized carbons (Fsp3) is 0.600. The Hall–Kier alpha value is -1.13. The van der Waals surface area contributed by atoms with E-state index in [-0.39, 0.29) is 17.6 Å². The smallest absolute Gasteiger partial charge is 0.270 e. The van der Waals surface area contributed by atoms with Crippen molar-refractivity contribution in [2.75, 3.05) is 6.61 Å². The van der Waals surface area contributed by atoms with E-state index in [4.69, 9.17) is 16.3 Å². The topological polar surface area (TPSA) is 51.2 Å². The lowest BCUT2D eigenvalue weighted by atomic mass is 9.86. The van der Waals surface area contributed by atoms with Gasteiger partial charge in [-0.1, -0.05) is 25.4 Å². The normalized spacial score (nSPS) is 21.4. The van der Waals surface area contributed by atoms with Crippen molar-refractivity contribution in [2.24, 2.45) is 0 Å². The van der Waals surface area contributed by atoms with E-state index in [0.29, 0.717) is 17.3 Å². The Bertz CT molecular complexity index is 475. The predicted octanol–water partition coefficient (Wildman–Crippen LogP) is 3.20. The van der Waals surface area contributed by atoms with Gasteiger partial charge in [0.2, 0.25) is 0 Å². The molecule has 0 bridgehead atoms. The van der Waals surface area contributed by atoms with Crippen LogP contribution in [0.2, 0.25) is 5.02 Å². The number of halogens is 1. The van der Waals surface area contributed by atoms with Gasteiger partial charge in [-0.05, 0) is 37.8 Å². The number of nitrogens with one attached hydrogen (secondary N) is 1. The fourth-order valence-electron chi connectivity index (χ4n) is 2.68. The number of carbonyl (C=O) groups is 1. The largest absolute Gasteiger partial charge is 0.375 e. The first-order valence-corrected chi connectivity index (χ1v) is 7.53. The van der Waals surface area contributed by atoms with Crippen molar-refractivity contribution < 1.29 is 9.53 Å². The van der Waals surface area contributed by atoms with Gasteiger partial charge in [-0.25, -0.2) is 0 Å². The van der Waals surface area contributed by atoms with Crippen LogP contribution in [0.4, 0.5) is 0 Å². The van der Waals surface area contributed by atoms with Crippen LogP contribution < -0.4 is 5.32 Å². The molecule has 1 atom stereocenters.